The minimum Gasteiger partial charge on any atom is -0.479 e. The molecule has 0 unspecified atom stereocenters. The van der Waals surface area contributed by atoms with E-state index in [0.717, 1.165) is 5.56 Å². The fourth-order valence-electron chi connectivity index (χ4n) is 2.10. The van der Waals surface area contributed by atoms with Gasteiger partial charge in [-0.2, -0.15) is 0 Å². The predicted octanol–water partition coefficient (Wildman–Crippen LogP) is 3.09. The lowest BCUT2D eigenvalue weighted by molar-refractivity contribution is -0.170. The first-order valence-corrected chi connectivity index (χ1v) is 9.51. The number of hydrogen-bond donors (Lipinski definition) is 2. The smallest absolute Gasteiger partial charge is 0.337 e. The number of ether oxygens (including phenoxy) is 4. The minimum atomic E-state index is -1.04. The van der Waals surface area contributed by atoms with Crippen LogP contribution in [0.5, 0.6) is 0 Å². The van der Waals surface area contributed by atoms with Gasteiger partial charge in [0.1, 0.15) is 5.60 Å². The van der Waals surface area contributed by atoms with Crippen LogP contribution in [-0.4, -0.2) is 54.6 Å². The van der Waals surface area contributed by atoms with Gasteiger partial charge in [0.05, 0.1) is 26.4 Å². The molecule has 0 aliphatic heterocycles. The maximum Gasteiger partial charge on any atom is 0.337 e. The Kier molecular flexibility index (Phi) is 10.1. The zero-order chi connectivity index (χ0) is 21.0. The van der Waals surface area contributed by atoms with E-state index in [4.69, 9.17) is 29.5 Å². The van der Waals surface area contributed by atoms with E-state index < -0.39 is 17.2 Å². The van der Waals surface area contributed by atoms with Crippen molar-refractivity contribution in [3.05, 3.63) is 35.9 Å². The molecule has 0 spiro atoms. The third-order valence-electron chi connectivity index (χ3n) is 4.01. The molecule has 0 aromatic heterocycles. The molecular weight excluding hydrogens is 362 g/mol. The Morgan fingerprint density at radius 1 is 0.929 bits per heavy atom. The van der Waals surface area contributed by atoms with Crippen LogP contribution in [0.2, 0.25) is 0 Å². The highest BCUT2D eigenvalue weighted by Gasteiger charge is 2.30. The monoisotopic (exact) mass is 395 g/mol. The molecular formula is C21H33NO6. The Morgan fingerprint density at radius 2 is 1.57 bits per heavy atom. The molecule has 2 N–H and O–H groups in total. The SMILES string of the molecule is CC(C)(OCCCOC(=O)C(C)(C)OCc1ccccc1)C(=N)OCCCO. The summed E-state index contributed by atoms with van der Waals surface area (Å²) < 4.78 is 21.9. The summed E-state index contributed by atoms with van der Waals surface area (Å²) in [5.41, 5.74) is -0.932. The van der Waals surface area contributed by atoms with Gasteiger partial charge in [-0.25, -0.2) is 4.79 Å². The molecule has 1 rings (SSSR count). The van der Waals surface area contributed by atoms with Crippen LogP contribution in [0, 0.1) is 5.41 Å². The fourth-order valence-corrected chi connectivity index (χ4v) is 2.10. The second-order valence-electron chi connectivity index (χ2n) is 7.39. The molecule has 0 atom stereocenters. The Hall–Kier alpha value is -1.96. The van der Waals surface area contributed by atoms with Crippen LogP contribution in [0.4, 0.5) is 0 Å². The number of hydrogen-bond acceptors (Lipinski definition) is 7. The average molecular weight is 395 g/mol. The van der Waals surface area contributed by atoms with E-state index in [-0.39, 0.29) is 25.7 Å². The molecule has 0 heterocycles. The van der Waals surface area contributed by atoms with Crippen LogP contribution in [0.1, 0.15) is 46.1 Å². The average Bonchev–Trinajstić information content (AvgIpc) is 2.66. The first-order chi connectivity index (χ1) is 13.2. The van der Waals surface area contributed by atoms with Gasteiger partial charge in [-0.3, -0.25) is 5.41 Å². The van der Waals surface area contributed by atoms with Gasteiger partial charge in [0.2, 0.25) is 5.90 Å². The molecule has 0 radical (unpaired) electrons. The summed E-state index contributed by atoms with van der Waals surface area (Å²) in [6.45, 7) is 7.98. The van der Waals surface area contributed by atoms with Crippen LogP contribution in [0.25, 0.3) is 0 Å². The molecule has 28 heavy (non-hydrogen) atoms. The molecule has 1 aromatic carbocycles. The molecule has 0 amide bonds. The van der Waals surface area contributed by atoms with Gasteiger partial charge < -0.3 is 24.1 Å². The maximum atomic E-state index is 12.2. The number of carbonyl (C=O) groups excluding carboxylic acids is 1. The van der Waals surface area contributed by atoms with E-state index in [1.807, 2.05) is 30.3 Å². The van der Waals surface area contributed by atoms with Crippen molar-refractivity contribution in [2.24, 2.45) is 0 Å². The van der Waals surface area contributed by atoms with Gasteiger partial charge in [-0.05, 0) is 33.3 Å². The Labute approximate surface area is 167 Å². The fraction of sp³-hybridized carbons (Fsp3) is 0.619. The van der Waals surface area contributed by atoms with Crippen molar-refractivity contribution in [2.75, 3.05) is 26.4 Å². The lowest BCUT2D eigenvalue weighted by Crippen LogP contribution is -2.38. The first kappa shape index (κ1) is 24.1. The van der Waals surface area contributed by atoms with Crippen molar-refractivity contribution < 1.29 is 28.8 Å². The Balaban J connectivity index is 2.26. The van der Waals surface area contributed by atoms with Crippen LogP contribution in [-0.2, 0) is 30.3 Å². The molecule has 158 valence electrons. The van der Waals surface area contributed by atoms with Crippen molar-refractivity contribution in [1.29, 1.82) is 5.41 Å². The molecule has 1 aromatic rings. The minimum absolute atomic E-state index is 0.00777. The quantitative estimate of drug-likeness (QED) is 0.230. The second-order valence-corrected chi connectivity index (χ2v) is 7.39. The molecule has 0 fully saturated rings. The summed E-state index contributed by atoms with van der Waals surface area (Å²) in [5.74, 6) is -0.420. The van der Waals surface area contributed by atoms with Gasteiger partial charge in [0, 0.05) is 19.4 Å². The lowest BCUT2D eigenvalue weighted by atomic mass is 10.1. The van der Waals surface area contributed by atoms with Gasteiger partial charge >= 0.3 is 5.97 Å². The summed E-state index contributed by atoms with van der Waals surface area (Å²) in [5, 5.41) is 16.6. The molecule has 0 bridgehead atoms. The van der Waals surface area contributed by atoms with Crippen molar-refractivity contribution in [3.8, 4) is 0 Å². The molecule has 0 saturated heterocycles. The van der Waals surface area contributed by atoms with E-state index in [1.165, 1.54) is 0 Å². The highest BCUT2D eigenvalue weighted by Crippen LogP contribution is 2.16. The van der Waals surface area contributed by atoms with E-state index in [0.29, 0.717) is 26.1 Å². The summed E-state index contributed by atoms with van der Waals surface area (Å²) in [6.07, 6.45) is 0.963. The zero-order valence-corrected chi connectivity index (χ0v) is 17.3. The van der Waals surface area contributed by atoms with Crippen LogP contribution >= 0.6 is 0 Å². The highest BCUT2D eigenvalue weighted by atomic mass is 16.6. The summed E-state index contributed by atoms with van der Waals surface area (Å²) >= 11 is 0. The molecule has 0 aliphatic rings. The van der Waals surface area contributed by atoms with E-state index in [1.54, 1.807) is 27.7 Å². The standard InChI is InChI=1S/C21H33NO6/c1-20(2,18(22)25-13-8-12-23)27-15-9-14-26-19(24)21(3,4)28-16-17-10-6-5-7-11-17/h5-7,10-11,22-23H,8-9,12-16H2,1-4H3. The number of aliphatic hydroxyl groups excluding tert-OH is 1. The number of nitrogens with one attached hydrogen (secondary N) is 1. The normalized spacial score (nSPS) is 11.9. The van der Waals surface area contributed by atoms with E-state index in [9.17, 15) is 4.79 Å². The topological polar surface area (TPSA) is 98.1 Å². The highest BCUT2D eigenvalue weighted by molar-refractivity contribution is 5.81. The van der Waals surface area contributed by atoms with Crippen LogP contribution in [0.15, 0.2) is 30.3 Å². The third kappa shape index (κ3) is 8.82. The van der Waals surface area contributed by atoms with Crippen molar-refractivity contribution >= 4 is 11.9 Å². The summed E-state index contributed by atoms with van der Waals surface area (Å²) in [6, 6.07) is 9.64. The van der Waals surface area contributed by atoms with E-state index in [2.05, 4.69) is 0 Å². The predicted molar refractivity (Wildman–Crippen MR) is 106 cm³/mol. The van der Waals surface area contributed by atoms with Crippen LogP contribution < -0.4 is 0 Å². The number of benzene rings is 1. The molecule has 7 nitrogen and oxygen atoms in total. The molecule has 7 heteroatoms. The molecule has 0 saturated carbocycles. The first-order valence-electron chi connectivity index (χ1n) is 9.51. The summed E-state index contributed by atoms with van der Waals surface area (Å²) in [4.78, 5) is 12.2. The number of carbonyl (C=O) groups is 1. The Bertz CT molecular complexity index is 600. The second kappa shape index (κ2) is 11.8. The van der Waals surface area contributed by atoms with Crippen molar-refractivity contribution in [3.63, 3.8) is 0 Å². The van der Waals surface area contributed by atoms with Gasteiger partial charge in [-0.1, -0.05) is 30.3 Å². The lowest BCUT2D eigenvalue weighted by Gasteiger charge is -2.26. The van der Waals surface area contributed by atoms with Gasteiger partial charge in [0.25, 0.3) is 0 Å². The van der Waals surface area contributed by atoms with Gasteiger partial charge in [0.15, 0.2) is 5.60 Å². The largest absolute Gasteiger partial charge is 0.479 e. The maximum absolute atomic E-state index is 12.2. The number of esters is 1. The Morgan fingerprint density at radius 3 is 2.21 bits per heavy atom. The van der Waals surface area contributed by atoms with Crippen molar-refractivity contribution in [1.82, 2.24) is 0 Å². The third-order valence-corrected chi connectivity index (χ3v) is 4.01. The zero-order valence-electron chi connectivity index (χ0n) is 17.3. The molecule has 0 aliphatic carbocycles. The van der Waals surface area contributed by atoms with E-state index >= 15 is 0 Å². The van der Waals surface area contributed by atoms with Gasteiger partial charge in [-0.15, -0.1) is 0 Å². The van der Waals surface area contributed by atoms with Crippen molar-refractivity contribution in [2.45, 2.75) is 58.3 Å². The number of rotatable bonds is 13. The number of aliphatic hydroxyl groups is 1. The van der Waals surface area contributed by atoms with Crippen LogP contribution in [0.3, 0.4) is 0 Å². The summed E-state index contributed by atoms with van der Waals surface area (Å²) in [7, 11) is 0.